The van der Waals surface area contributed by atoms with Crippen LogP contribution >= 0.6 is 11.3 Å². The predicted octanol–water partition coefficient (Wildman–Crippen LogP) is 8.19. The number of halogens is 6. The van der Waals surface area contributed by atoms with E-state index in [2.05, 4.69) is 9.89 Å². The summed E-state index contributed by atoms with van der Waals surface area (Å²) in [4.78, 5) is 8.56. The van der Waals surface area contributed by atoms with Crippen LogP contribution in [0.15, 0.2) is 35.2 Å². The first-order valence-corrected chi connectivity index (χ1v) is 17.1. The molecule has 2 atom stereocenters. The van der Waals surface area contributed by atoms with Crippen LogP contribution in [-0.4, -0.2) is 74.4 Å². The molecule has 0 aliphatic carbocycles. The van der Waals surface area contributed by atoms with Crippen molar-refractivity contribution < 1.29 is 35.8 Å². The summed E-state index contributed by atoms with van der Waals surface area (Å²) in [6, 6.07) is 5.28. The van der Waals surface area contributed by atoms with E-state index in [9.17, 15) is 27.2 Å². The molecule has 0 radical (unpaired) electrons. The van der Waals surface area contributed by atoms with Crippen LogP contribution in [0.2, 0.25) is 0 Å². The van der Waals surface area contributed by atoms with E-state index >= 15 is 4.39 Å². The number of hydrogen-bond acceptors (Lipinski definition) is 7. The first kappa shape index (κ1) is 36.5. The van der Waals surface area contributed by atoms with Gasteiger partial charge < -0.3 is 20.1 Å². The molecule has 3 fully saturated rings. The molecule has 0 bridgehead atoms. The van der Waals surface area contributed by atoms with Crippen molar-refractivity contribution in [1.29, 1.82) is 5.26 Å². The van der Waals surface area contributed by atoms with E-state index in [0.29, 0.717) is 51.7 Å². The van der Waals surface area contributed by atoms with Crippen molar-refractivity contribution in [1.82, 2.24) is 9.80 Å². The minimum atomic E-state index is -5.01. The van der Waals surface area contributed by atoms with Crippen LogP contribution < -0.4 is 5.73 Å². The van der Waals surface area contributed by atoms with Gasteiger partial charge in [0.1, 0.15) is 34.7 Å². The van der Waals surface area contributed by atoms with Crippen molar-refractivity contribution >= 4 is 32.3 Å². The second kappa shape index (κ2) is 15.4. The Morgan fingerprint density at radius 1 is 1.20 bits per heavy atom. The van der Waals surface area contributed by atoms with E-state index in [1.807, 2.05) is 13.0 Å². The van der Waals surface area contributed by atoms with Gasteiger partial charge >= 0.3 is 6.18 Å². The number of anilines is 1. The molecular weight excluding hydrogens is 668 g/mol. The molecule has 3 aliphatic rings. The summed E-state index contributed by atoms with van der Waals surface area (Å²) >= 11 is 0.724. The largest absolute Gasteiger partial charge is 0.481 e. The summed E-state index contributed by atoms with van der Waals surface area (Å²) in [5, 5.41) is 9.42. The number of allylic oxidation sites excluding steroid dienone is 1. The Kier molecular flexibility index (Phi) is 11.5. The highest BCUT2D eigenvalue weighted by Gasteiger charge is 2.39. The summed E-state index contributed by atoms with van der Waals surface area (Å²) in [6.45, 7) is 6.60. The molecule has 1 aromatic heterocycles. The van der Waals surface area contributed by atoms with E-state index in [0.717, 1.165) is 42.5 Å². The molecule has 4 heterocycles. The summed E-state index contributed by atoms with van der Waals surface area (Å²) in [5.74, 6) is -1.65. The fourth-order valence-electron chi connectivity index (χ4n) is 6.72. The number of fused-ring (bicyclic) bond motifs is 2. The summed E-state index contributed by atoms with van der Waals surface area (Å²) < 4.78 is 98.3. The monoisotopic (exact) mass is 707 g/mol. The number of ether oxygens (including phenoxy) is 2. The number of nitriles is 1. The molecule has 0 spiro atoms. The number of alkyl halides is 4. The Morgan fingerprint density at radius 3 is 2.65 bits per heavy atom. The molecular formula is C35H39F6N5O2S. The van der Waals surface area contributed by atoms with E-state index < -0.39 is 35.1 Å². The fourth-order valence-corrected chi connectivity index (χ4v) is 7.67. The van der Waals surface area contributed by atoms with E-state index in [1.165, 1.54) is 26.9 Å². The highest BCUT2D eigenvalue weighted by atomic mass is 32.1. The first-order valence-electron chi connectivity index (χ1n) is 16.2. The molecule has 49 heavy (non-hydrogen) atoms. The molecule has 2 N–H and O–H groups in total. The maximum absolute atomic E-state index is 16.3. The van der Waals surface area contributed by atoms with Gasteiger partial charge in [0.2, 0.25) is 5.88 Å². The SMILES string of the molecule is CC/C=C(/N=C(\c1cc(C(F)(F)F)c(-c2ccc(F)c3sc(N)c(C#N)c23)c(F)c1C)N1CCCOCC1)OC.FC1CC2CCCN2C1. The van der Waals surface area contributed by atoms with Crippen LogP contribution in [0, 0.1) is 29.9 Å². The summed E-state index contributed by atoms with van der Waals surface area (Å²) in [6.07, 6.45) is 0.611. The minimum absolute atomic E-state index is 0.0706. The van der Waals surface area contributed by atoms with Crippen LogP contribution in [0.1, 0.15) is 61.3 Å². The molecule has 7 nitrogen and oxygen atoms in total. The van der Waals surface area contributed by atoms with Crippen molar-refractivity contribution in [3.63, 3.8) is 0 Å². The van der Waals surface area contributed by atoms with Gasteiger partial charge in [-0.15, -0.1) is 11.3 Å². The molecule has 0 saturated carbocycles. The molecule has 0 amide bonds. The second-order valence-corrected chi connectivity index (χ2v) is 13.3. The van der Waals surface area contributed by atoms with E-state index in [1.54, 1.807) is 11.0 Å². The molecule has 3 aromatic rings. The van der Waals surface area contributed by atoms with Crippen molar-refractivity contribution in [3.05, 3.63) is 64.0 Å². The number of methoxy groups -OCH3 is 1. The summed E-state index contributed by atoms with van der Waals surface area (Å²) in [5.41, 5.74) is 3.16. The van der Waals surface area contributed by atoms with Crippen LogP contribution in [0.25, 0.3) is 21.2 Å². The Hall–Kier alpha value is -3.80. The zero-order chi connectivity index (χ0) is 35.5. The number of thiophene rings is 1. The molecule has 264 valence electrons. The molecule has 6 rings (SSSR count). The normalized spacial score (nSPS) is 20.5. The molecule has 3 aliphatic heterocycles. The number of hydrogen-bond donors (Lipinski definition) is 1. The van der Waals surface area contributed by atoms with Crippen LogP contribution in [0.5, 0.6) is 0 Å². The lowest BCUT2D eigenvalue weighted by molar-refractivity contribution is -0.137. The molecule has 2 unspecified atom stereocenters. The molecule has 14 heteroatoms. The lowest BCUT2D eigenvalue weighted by Gasteiger charge is -2.27. The smallest absolute Gasteiger partial charge is 0.417 e. The third kappa shape index (κ3) is 7.69. The van der Waals surface area contributed by atoms with Crippen LogP contribution in [-0.2, 0) is 15.7 Å². The number of nitrogens with two attached hydrogens (primary N) is 1. The Bertz CT molecular complexity index is 1760. The van der Waals surface area contributed by atoms with Crippen molar-refractivity contribution in [3.8, 4) is 17.2 Å². The van der Waals surface area contributed by atoms with Gasteiger partial charge in [-0.25, -0.2) is 13.2 Å². The van der Waals surface area contributed by atoms with Crippen molar-refractivity contribution in [2.75, 3.05) is 52.2 Å². The zero-order valence-corrected chi connectivity index (χ0v) is 28.4. The van der Waals surface area contributed by atoms with Gasteiger partial charge in [0.15, 0.2) is 0 Å². The van der Waals surface area contributed by atoms with Gasteiger partial charge in [-0.3, -0.25) is 4.90 Å². The summed E-state index contributed by atoms with van der Waals surface area (Å²) in [7, 11) is 1.39. The van der Waals surface area contributed by atoms with Gasteiger partial charge in [0, 0.05) is 48.8 Å². The van der Waals surface area contributed by atoms with Gasteiger partial charge in [-0.1, -0.05) is 13.0 Å². The maximum Gasteiger partial charge on any atom is 0.417 e. The van der Waals surface area contributed by atoms with Crippen LogP contribution in [0.4, 0.5) is 31.3 Å². The van der Waals surface area contributed by atoms with Gasteiger partial charge in [0.05, 0.1) is 29.5 Å². The molecule has 3 saturated heterocycles. The lowest BCUT2D eigenvalue weighted by Crippen LogP contribution is -2.35. The van der Waals surface area contributed by atoms with Gasteiger partial charge in [-0.05, 0) is 74.9 Å². The highest BCUT2D eigenvalue weighted by Crippen LogP contribution is 2.47. The average molecular weight is 708 g/mol. The zero-order valence-electron chi connectivity index (χ0n) is 27.6. The van der Waals surface area contributed by atoms with Crippen molar-refractivity contribution in [2.24, 2.45) is 4.99 Å². The standard InChI is InChI=1S/C28H27F5N4O2S.C7H12FN/c1-4-6-21(38-3)36-27(37-9-5-11-39-12-10-37)17-13-19(28(31,32)33)23(24(30)15(17)2)16-7-8-20(29)25-22(16)18(14-34)26(35)40-25;8-6-4-7-2-1-3-9(7)5-6/h6-8,13H,4-5,9-12,35H2,1-3H3;6-7H,1-5H2/b21-6-,36-27+;. The number of nitrogens with zero attached hydrogens (tertiary/aromatic N) is 4. The Balaban J connectivity index is 0.000000444. The fraction of sp³-hybridized carbons (Fsp3) is 0.486. The maximum atomic E-state index is 16.3. The van der Waals surface area contributed by atoms with Gasteiger partial charge in [-0.2, -0.15) is 23.4 Å². The third-order valence-corrected chi connectivity index (χ3v) is 10.1. The van der Waals surface area contributed by atoms with E-state index in [-0.39, 0.29) is 49.1 Å². The number of benzene rings is 2. The lowest BCUT2D eigenvalue weighted by atomic mass is 9.89. The number of amidine groups is 1. The van der Waals surface area contributed by atoms with Crippen LogP contribution in [0.3, 0.4) is 0 Å². The number of rotatable bonds is 5. The van der Waals surface area contributed by atoms with Crippen molar-refractivity contribution in [2.45, 2.75) is 64.3 Å². The quantitative estimate of drug-likeness (QED) is 0.125. The number of aliphatic imine (C=N–C) groups is 1. The van der Waals surface area contributed by atoms with Gasteiger partial charge in [0.25, 0.3) is 0 Å². The highest BCUT2D eigenvalue weighted by molar-refractivity contribution is 7.23. The third-order valence-electron chi connectivity index (χ3n) is 9.04. The molecule has 2 aromatic carbocycles. The first-order chi connectivity index (χ1) is 23.4. The predicted molar refractivity (Wildman–Crippen MR) is 179 cm³/mol. The number of nitrogen functional groups attached to an aromatic ring is 1. The second-order valence-electron chi connectivity index (χ2n) is 12.2. The topological polar surface area (TPSA) is 87.1 Å². The Labute approximate surface area is 285 Å². The average Bonchev–Trinajstić information content (AvgIpc) is 3.66. The Morgan fingerprint density at radius 2 is 1.98 bits per heavy atom. The van der Waals surface area contributed by atoms with E-state index in [4.69, 9.17) is 15.2 Å². The minimum Gasteiger partial charge on any atom is -0.481 e.